The van der Waals surface area contributed by atoms with E-state index in [4.69, 9.17) is 16.7 Å². The predicted molar refractivity (Wildman–Crippen MR) is 68.9 cm³/mol. The lowest BCUT2D eigenvalue weighted by Gasteiger charge is -2.21. The number of aliphatic hydroxyl groups excluding tert-OH is 1. The molecule has 1 aliphatic heterocycles. The van der Waals surface area contributed by atoms with E-state index in [1.54, 1.807) is 24.3 Å². The van der Waals surface area contributed by atoms with Gasteiger partial charge in [-0.2, -0.15) is 0 Å². The van der Waals surface area contributed by atoms with Gasteiger partial charge in [-0.15, -0.1) is 0 Å². The highest BCUT2D eigenvalue weighted by atomic mass is 35.5. The molecule has 1 heterocycles. The van der Waals surface area contributed by atoms with Crippen molar-refractivity contribution >= 4 is 23.5 Å². The van der Waals surface area contributed by atoms with Crippen LogP contribution in [-0.4, -0.2) is 45.7 Å². The van der Waals surface area contributed by atoms with Gasteiger partial charge in [0.1, 0.15) is 6.04 Å². The van der Waals surface area contributed by atoms with Crippen molar-refractivity contribution in [3.05, 3.63) is 34.9 Å². The summed E-state index contributed by atoms with van der Waals surface area (Å²) in [6.07, 6.45) is -0.613. The van der Waals surface area contributed by atoms with Crippen LogP contribution in [0.25, 0.3) is 0 Å². The lowest BCUT2D eigenvalue weighted by Crippen LogP contribution is -2.41. The third-order valence-electron chi connectivity index (χ3n) is 3.13. The van der Waals surface area contributed by atoms with Crippen LogP contribution in [0.15, 0.2) is 24.3 Å². The van der Waals surface area contributed by atoms with Gasteiger partial charge in [-0.25, -0.2) is 4.79 Å². The molecule has 0 aromatic heterocycles. The van der Waals surface area contributed by atoms with Crippen molar-refractivity contribution in [3.8, 4) is 0 Å². The van der Waals surface area contributed by atoms with Gasteiger partial charge >= 0.3 is 5.97 Å². The monoisotopic (exact) mass is 283 g/mol. The number of benzene rings is 1. The van der Waals surface area contributed by atoms with Gasteiger partial charge in [0.15, 0.2) is 0 Å². The first-order valence-corrected chi connectivity index (χ1v) is 6.30. The Morgan fingerprint density at radius 1 is 1.42 bits per heavy atom. The van der Waals surface area contributed by atoms with Gasteiger partial charge in [0.2, 0.25) is 5.91 Å². The molecular weight excluding hydrogens is 270 g/mol. The second-order valence-corrected chi connectivity index (χ2v) is 5.03. The quantitative estimate of drug-likeness (QED) is 0.865. The highest BCUT2D eigenvalue weighted by molar-refractivity contribution is 6.30. The van der Waals surface area contributed by atoms with E-state index >= 15 is 0 Å². The zero-order valence-electron chi connectivity index (χ0n) is 10.1. The van der Waals surface area contributed by atoms with Crippen LogP contribution in [0, 0.1) is 0 Å². The van der Waals surface area contributed by atoms with Crippen LogP contribution >= 0.6 is 11.6 Å². The molecule has 0 spiro atoms. The number of hydrogen-bond acceptors (Lipinski definition) is 3. The Bertz CT molecular complexity index is 505. The van der Waals surface area contributed by atoms with Crippen LogP contribution < -0.4 is 0 Å². The Morgan fingerprint density at radius 2 is 2.16 bits per heavy atom. The molecule has 1 unspecified atom stereocenters. The molecule has 5 nitrogen and oxygen atoms in total. The summed E-state index contributed by atoms with van der Waals surface area (Å²) in [5, 5.41) is 19.1. The van der Waals surface area contributed by atoms with E-state index in [0.29, 0.717) is 5.02 Å². The molecule has 1 aromatic rings. The Hall–Kier alpha value is -1.59. The standard InChI is InChI=1S/C13H14ClNO4/c14-9-3-1-2-8(4-9)5-12(17)15-7-10(16)6-11(15)13(18)19/h1-4,10-11,16H,5-7H2,(H,18,19)/t10?,11-/m0/s1. The van der Waals surface area contributed by atoms with Gasteiger partial charge in [-0.05, 0) is 17.7 Å². The summed E-state index contributed by atoms with van der Waals surface area (Å²) in [5.74, 6) is -1.40. The lowest BCUT2D eigenvalue weighted by atomic mass is 10.1. The van der Waals surface area contributed by atoms with Gasteiger partial charge in [0.25, 0.3) is 0 Å². The molecule has 0 bridgehead atoms. The summed E-state index contributed by atoms with van der Waals surface area (Å²) >= 11 is 5.83. The zero-order chi connectivity index (χ0) is 14.0. The molecule has 102 valence electrons. The van der Waals surface area contributed by atoms with Crippen molar-refractivity contribution in [3.63, 3.8) is 0 Å². The van der Waals surface area contributed by atoms with Crippen LogP contribution in [0.5, 0.6) is 0 Å². The molecule has 2 N–H and O–H groups in total. The second-order valence-electron chi connectivity index (χ2n) is 4.60. The molecule has 1 fully saturated rings. The molecule has 1 saturated heterocycles. The van der Waals surface area contributed by atoms with Crippen LogP contribution in [0.1, 0.15) is 12.0 Å². The number of β-amino-alcohol motifs (C(OH)–C–C–N with tert-alkyl or cyclic N) is 1. The smallest absolute Gasteiger partial charge is 0.326 e. The zero-order valence-corrected chi connectivity index (χ0v) is 10.9. The number of aliphatic carboxylic acids is 1. The molecule has 2 rings (SSSR count). The van der Waals surface area contributed by atoms with E-state index in [9.17, 15) is 14.7 Å². The van der Waals surface area contributed by atoms with E-state index in [1.165, 1.54) is 4.90 Å². The minimum atomic E-state index is -1.09. The largest absolute Gasteiger partial charge is 0.480 e. The summed E-state index contributed by atoms with van der Waals surface area (Å²) < 4.78 is 0. The van der Waals surface area contributed by atoms with Gasteiger partial charge in [0.05, 0.1) is 12.5 Å². The molecule has 0 aliphatic carbocycles. The van der Waals surface area contributed by atoms with Crippen molar-refractivity contribution in [1.82, 2.24) is 4.90 Å². The first kappa shape index (κ1) is 13.8. The Morgan fingerprint density at radius 3 is 2.79 bits per heavy atom. The van der Waals surface area contributed by atoms with Crippen molar-refractivity contribution in [2.24, 2.45) is 0 Å². The molecule has 0 saturated carbocycles. The number of rotatable bonds is 3. The fourth-order valence-electron chi connectivity index (χ4n) is 2.25. The summed E-state index contributed by atoms with van der Waals surface area (Å²) in [5.41, 5.74) is 0.725. The van der Waals surface area contributed by atoms with Crippen molar-refractivity contribution < 1.29 is 19.8 Å². The number of likely N-dealkylation sites (tertiary alicyclic amines) is 1. The van der Waals surface area contributed by atoms with Crippen molar-refractivity contribution in [2.45, 2.75) is 25.0 Å². The minimum Gasteiger partial charge on any atom is -0.480 e. The Labute approximate surface area is 115 Å². The number of amides is 1. The van der Waals surface area contributed by atoms with Crippen LogP contribution in [0.2, 0.25) is 5.02 Å². The summed E-state index contributed by atoms with van der Waals surface area (Å²) in [7, 11) is 0. The number of carboxylic acid groups (broad SMARTS) is 1. The average molecular weight is 284 g/mol. The molecular formula is C13H14ClNO4. The van der Waals surface area contributed by atoms with Crippen LogP contribution in [-0.2, 0) is 16.0 Å². The maximum atomic E-state index is 12.1. The molecule has 19 heavy (non-hydrogen) atoms. The van der Waals surface area contributed by atoms with Crippen molar-refractivity contribution in [2.75, 3.05) is 6.54 Å². The van der Waals surface area contributed by atoms with E-state index in [-0.39, 0.29) is 25.3 Å². The van der Waals surface area contributed by atoms with E-state index in [0.717, 1.165) is 5.56 Å². The molecule has 6 heteroatoms. The summed E-state index contributed by atoms with van der Waals surface area (Å²) in [6, 6.07) is 5.92. The van der Waals surface area contributed by atoms with Gasteiger partial charge in [-0.3, -0.25) is 4.79 Å². The maximum Gasteiger partial charge on any atom is 0.326 e. The second kappa shape index (κ2) is 5.59. The van der Waals surface area contributed by atoms with Crippen molar-refractivity contribution in [1.29, 1.82) is 0 Å². The first-order valence-electron chi connectivity index (χ1n) is 5.92. The number of carboxylic acids is 1. The topological polar surface area (TPSA) is 77.8 Å². The van der Waals surface area contributed by atoms with E-state index in [2.05, 4.69) is 0 Å². The van der Waals surface area contributed by atoms with E-state index < -0.39 is 18.1 Å². The molecule has 0 radical (unpaired) electrons. The fraction of sp³-hybridized carbons (Fsp3) is 0.385. The third-order valence-corrected chi connectivity index (χ3v) is 3.36. The number of carbonyl (C=O) groups is 2. The lowest BCUT2D eigenvalue weighted by molar-refractivity contribution is -0.148. The highest BCUT2D eigenvalue weighted by Crippen LogP contribution is 2.20. The number of carbonyl (C=O) groups excluding carboxylic acids is 1. The summed E-state index contributed by atoms with van der Waals surface area (Å²) in [6.45, 7) is 0.0658. The predicted octanol–water partition coefficient (Wildman–Crippen LogP) is 0.929. The number of halogens is 1. The Balaban J connectivity index is 2.09. The average Bonchev–Trinajstić information content (AvgIpc) is 2.71. The van der Waals surface area contributed by atoms with Gasteiger partial charge in [-0.1, -0.05) is 23.7 Å². The molecule has 1 aliphatic rings. The number of aliphatic hydroxyl groups is 1. The maximum absolute atomic E-state index is 12.1. The van der Waals surface area contributed by atoms with Gasteiger partial charge in [0, 0.05) is 18.0 Å². The summed E-state index contributed by atoms with van der Waals surface area (Å²) in [4.78, 5) is 24.4. The van der Waals surface area contributed by atoms with E-state index in [1.807, 2.05) is 0 Å². The van der Waals surface area contributed by atoms with Crippen LogP contribution in [0.4, 0.5) is 0 Å². The molecule has 2 atom stereocenters. The number of nitrogens with zero attached hydrogens (tertiary/aromatic N) is 1. The fourth-order valence-corrected chi connectivity index (χ4v) is 2.46. The van der Waals surface area contributed by atoms with Gasteiger partial charge < -0.3 is 15.1 Å². The molecule has 1 aromatic carbocycles. The SMILES string of the molecule is O=C(O)[C@@H]1CC(O)CN1C(=O)Cc1cccc(Cl)c1. The first-order chi connectivity index (χ1) is 8.97. The third kappa shape index (κ3) is 3.24. The Kier molecular flexibility index (Phi) is 4.07. The van der Waals surface area contributed by atoms with Crippen LogP contribution in [0.3, 0.4) is 0 Å². The molecule has 1 amide bonds. The highest BCUT2D eigenvalue weighted by Gasteiger charge is 2.38. The normalized spacial score (nSPS) is 22.5. The minimum absolute atomic E-state index is 0.0658. The number of hydrogen-bond donors (Lipinski definition) is 2.